The predicted octanol–water partition coefficient (Wildman–Crippen LogP) is 2.40. The third-order valence-electron chi connectivity index (χ3n) is 2.57. The molecule has 0 bridgehead atoms. The van der Waals surface area contributed by atoms with Crippen molar-refractivity contribution >= 4 is 0 Å². The smallest absolute Gasteiger partial charge is 0.229 e. The summed E-state index contributed by atoms with van der Waals surface area (Å²) in [6, 6.07) is 0. The maximum Gasteiger partial charge on any atom is 0.229 e. The lowest BCUT2D eigenvalue weighted by Crippen LogP contribution is -2.35. The normalized spacial score (nSPS) is 13.4. The Morgan fingerprint density at radius 3 is 2.47 bits per heavy atom. The quantitative estimate of drug-likeness (QED) is 0.420. The van der Waals surface area contributed by atoms with Crippen LogP contribution in [0.15, 0.2) is 11.6 Å². The third kappa shape index (κ3) is 6.23. The van der Waals surface area contributed by atoms with Gasteiger partial charge in [-0.1, -0.05) is 25.5 Å². The zero-order valence-corrected chi connectivity index (χ0v) is 9.99. The van der Waals surface area contributed by atoms with Crippen LogP contribution in [0, 0.1) is 15.5 Å². The lowest BCUT2D eigenvalue weighted by molar-refractivity contribution is -0.494. The van der Waals surface area contributed by atoms with Gasteiger partial charge in [0.05, 0.1) is 0 Å². The molecule has 4 heteroatoms. The number of nitro groups is 1. The molecule has 0 aromatic rings. The van der Waals surface area contributed by atoms with Crippen molar-refractivity contribution in [3.8, 4) is 0 Å². The molecule has 1 N–H and O–H groups in total. The van der Waals surface area contributed by atoms with Gasteiger partial charge in [0.15, 0.2) is 0 Å². The molecule has 0 aliphatic rings. The highest BCUT2D eigenvalue weighted by atomic mass is 16.6. The van der Waals surface area contributed by atoms with Crippen molar-refractivity contribution < 1.29 is 10.0 Å². The lowest BCUT2D eigenvalue weighted by atomic mass is 9.82. The van der Waals surface area contributed by atoms with E-state index in [4.69, 9.17) is 0 Å². The van der Waals surface area contributed by atoms with E-state index in [-0.39, 0.29) is 6.54 Å². The van der Waals surface area contributed by atoms with Crippen LogP contribution in [-0.2, 0) is 0 Å². The predicted molar refractivity (Wildman–Crippen MR) is 60.3 cm³/mol. The fourth-order valence-electron chi connectivity index (χ4n) is 1.29. The summed E-state index contributed by atoms with van der Waals surface area (Å²) in [7, 11) is 0. The minimum Gasteiger partial charge on any atom is -0.386 e. The summed E-state index contributed by atoms with van der Waals surface area (Å²) in [5, 5.41) is 19.9. The van der Waals surface area contributed by atoms with Gasteiger partial charge in [0.1, 0.15) is 6.10 Å². The van der Waals surface area contributed by atoms with Crippen molar-refractivity contribution in [3.63, 3.8) is 0 Å². The lowest BCUT2D eigenvalue weighted by Gasteiger charge is -2.27. The van der Waals surface area contributed by atoms with E-state index in [0.29, 0.717) is 0 Å². The zero-order chi connectivity index (χ0) is 12.1. The topological polar surface area (TPSA) is 63.4 Å². The summed E-state index contributed by atoms with van der Waals surface area (Å²) >= 11 is 0. The monoisotopic (exact) mass is 215 g/mol. The summed E-state index contributed by atoms with van der Waals surface area (Å²) in [6.45, 7) is 7.38. The molecule has 0 radical (unpaired) electrons. The van der Waals surface area contributed by atoms with Gasteiger partial charge < -0.3 is 5.11 Å². The number of allylic oxidation sites excluding steroid dienone is 2. The molecular weight excluding hydrogens is 194 g/mol. The molecule has 0 saturated carbocycles. The van der Waals surface area contributed by atoms with Crippen molar-refractivity contribution in [2.75, 3.05) is 6.54 Å². The summed E-state index contributed by atoms with van der Waals surface area (Å²) in [4.78, 5) is 9.81. The van der Waals surface area contributed by atoms with E-state index in [9.17, 15) is 15.2 Å². The molecule has 0 heterocycles. The van der Waals surface area contributed by atoms with Gasteiger partial charge in [-0.2, -0.15) is 0 Å². The molecule has 0 amide bonds. The highest BCUT2D eigenvalue weighted by Gasteiger charge is 2.30. The van der Waals surface area contributed by atoms with Crippen LogP contribution in [0.4, 0.5) is 0 Å². The maximum atomic E-state index is 10.3. The van der Waals surface area contributed by atoms with Gasteiger partial charge in [-0.15, -0.1) is 0 Å². The molecule has 0 aliphatic heterocycles. The van der Waals surface area contributed by atoms with Crippen LogP contribution in [0.3, 0.4) is 0 Å². The van der Waals surface area contributed by atoms with Crippen molar-refractivity contribution in [2.24, 2.45) is 5.41 Å². The minimum atomic E-state index is -0.877. The Morgan fingerprint density at radius 1 is 1.53 bits per heavy atom. The summed E-state index contributed by atoms with van der Waals surface area (Å²) in [6.07, 6.45) is 2.82. The SMILES string of the molecule is CC(C)=CCCC(C)(C)C(O)C[N+](=O)[O-]. The molecule has 88 valence electrons. The summed E-state index contributed by atoms with van der Waals surface area (Å²) in [5.74, 6) is 0. The second kappa shape index (κ2) is 5.85. The number of rotatable bonds is 6. The Morgan fingerprint density at radius 2 is 2.07 bits per heavy atom. The van der Waals surface area contributed by atoms with Crippen LogP contribution in [-0.4, -0.2) is 22.7 Å². The first-order valence-electron chi connectivity index (χ1n) is 5.19. The van der Waals surface area contributed by atoms with Crippen LogP contribution in [0.1, 0.15) is 40.5 Å². The zero-order valence-electron chi connectivity index (χ0n) is 9.99. The molecule has 0 aromatic carbocycles. The molecule has 0 fully saturated rings. The molecule has 1 atom stereocenters. The van der Waals surface area contributed by atoms with E-state index >= 15 is 0 Å². The molecule has 0 spiro atoms. The van der Waals surface area contributed by atoms with E-state index < -0.39 is 16.4 Å². The van der Waals surface area contributed by atoms with Crippen LogP contribution >= 0.6 is 0 Å². The van der Waals surface area contributed by atoms with Crippen LogP contribution in [0.2, 0.25) is 0 Å². The fourth-order valence-corrected chi connectivity index (χ4v) is 1.29. The molecule has 0 saturated heterocycles. The molecule has 0 aliphatic carbocycles. The van der Waals surface area contributed by atoms with E-state index in [1.54, 1.807) is 0 Å². The number of hydrogen-bond acceptors (Lipinski definition) is 3. The van der Waals surface area contributed by atoms with Crippen LogP contribution in [0.25, 0.3) is 0 Å². The Balaban J connectivity index is 4.15. The van der Waals surface area contributed by atoms with Gasteiger partial charge in [-0.3, -0.25) is 10.1 Å². The average molecular weight is 215 g/mol. The standard InChI is InChI=1S/C11H21NO3/c1-9(2)6-5-7-11(3,4)10(13)8-12(14)15/h6,10,13H,5,7-8H2,1-4H3. The Kier molecular flexibility index (Phi) is 5.50. The van der Waals surface area contributed by atoms with Gasteiger partial charge in [0.2, 0.25) is 6.54 Å². The summed E-state index contributed by atoms with van der Waals surface area (Å²) in [5.41, 5.74) is 0.827. The number of nitrogens with zero attached hydrogens (tertiary/aromatic N) is 1. The minimum absolute atomic E-state index is 0.373. The molecular formula is C11H21NO3. The second-order valence-corrected chi connectivity index (χ2v) is 4.84. The Labute approximate surface area is 91.1 Å². The van der Waals surface area contributed by atoms with Crippen LogP contribution in [0.5, 0.6) is 0 Å². The van der Waals surface area contributed by atoms with E-state index in [2.05, 4.69) is 6.08 Å². The number of aliphatic hydroxyl groups is 1. The highest BCUT2D eigenvalue weighted by Crippen LogP contribution is 2.27. The first-order chi connectivity index (χ1) is 6.75. The van der Waals surface area contributed by atoms with Gasteiger partial charge in [0.25, 0.3) is 0 Å². The third-order valence-corrected chi connectivity index (χ3v) is 2.57. The Bertz CT molecular complexity index is 242. The molecule has 0 rings (SSSR count). The molecule has 0 aromatic heterocycles. The van der Waals surface area contributed by atoms with Crippen LogP contribution < -0.4 is 0 Å². The van der Waals surface area contributed by atoms with Crippen molar-refractivity contribution in [1.82, 2.24) is 0 Å². The molecule has 15 heavy (non-hydrogen) atoms. The van der Waals surface area contributed by atoms with Crippen molar-refractivity contribution in [1.29, 1.82) is 0 Å². The van der Waals surface area contributed by atoms with E-state index in [1.807, 2.05) is 27.7 Å². The number of hydrogen-bond donors (Lipinski definition) is 1. The average Bonchev–Trinajstić information content (AvgIpc) is 2.01. The second-order valence-electron chi connectivity index (χ2n) is 4.84. The number of aliphatic hydroxyl groups excluding tert-OH is 1. The van der Waals surface area contributed by atoms with Crippen molar-refractivity contribution in [3.05, 3.63) is 21.8 Å². The van der Waals surface area contributed by atoms with E-state index in [1.165, 1.54) is 5.57 Å². The maximum absolute atomic E-state index is 10.3. The first-order valence-corrected chi connectivity index (χ1v) is 5.19. The van der Waals surface area contributed by atoms with Crippen molar-refractivity contribution in [2.45, 2.75) is 46.6 Å². The first kappa shape index (κ1) is 14.1. The van der Waals surface area contributed by atoms with E-state index in [0.717, 1.165) is 12.8 Å². The molecule has 1 unspecified atom stereocenters. The van der Waals surface area contributed by atoms with Gasteiger partial charge in [0, 0.05) is 4.92 Å². The van der Waals surface area contributed by atoms with Gasteiger partial charge in [-0.25, -0.2) is 0 Å². The Hall–Kier alpha value is -0.900. The molecule has 4 nitrogen and oxygen atoms in total. The highest BCUT2D eigenvalue weighted by molar-refractivity contribution is 4.94. The van der Waals surface area contributed by atoms with Gasteiger partial charge in [-0.05, 0) is 32.1 Å². The van der Waals surface area contributed by atoms with Gasteiger partial charge >= 0.3 is 0 Å². The summed E-state index contributed by atoms with van der Waals surface area (Å²) < 4.78 is 0. The fraction of sp³-hybridized carbons (Fsp3) is 0.818. The largest absolute Gasteiger partial charge is 0.386 e.